The van der Waals surface area contributed by atoms with Gasteiger partial charge in [-0.05, 0) is 45.0 Å². The highest BCUT2D eigenvalue weighted by Crippen LogP contribution is 2.17. The molecule has 0 saturated heterocycles. The summed E-state index contributed by atoms with van der Waals surface area (Å²) in [5.41, 5.74) is 2.12. The molecule has 0 radical (unpaired) electrons. The molecular weight excluding hydrogens is 273 g/mol. The third kappa shape index (κ3) is 3.28. The van der Waals surface area contributed by atoms with Crippen LogP contribution in [0.25, 0.3) is 5.69 Å². The fourth-order valence-corrected chi connectivity index (χ4v) is 2.05. The monoisotopic (exact) mass is 291 g/mol. The van der Waals surface area contributed by atoms with Gasteiger partial charge in [-0.1, -0.05) is 0 Å². The zero-order chi connectivity index (χ0) is 15.6. The van der Waals surface area contributed by atoms with E-state index in [1.165, 1.54) is 22.9 Å². The number of benzene rings is 1. The number of amides is 1. The maximum absolute atomic E-state index is 14.2. The fraction of sp³-hybridized carbons (Fsp3) is 0.333. The third-order valence-electron chi connectivity index (χ3n) is 3.10. The average molecular weight is 291 g/mol. The van der Waals surface area contributed by atoms with Gasteiger partial charge in [-0.15, -0.1) is 0 Å². The second kappa shape index (κ2) is 6.05. The maximum atomic E-state index is 14.2. The van der Waals surface area contributed by atoms with Crippen LogP contribution >= 0.6 is 0 Å². The van der Waals surface area contributed by atoms with Crippen LogP contribution in [-0.4, -0.2) is 33.4 Å². The number of nitrogens with one attached hydrogen (secondary N) is 1. The van der Waals surface area contributed by atoms with Crippen LogP contribution in [0.3, 0.4) is 0 Å². The van der Waals surface area contributed by atoms with E-state index in [9.17, 15) is 9.18 Å². The lowest BCUT2D eigenvalue weighted by Gasteiger charge is -2.12. The van der Waals surface area contributed by atoms with Gasteiger partial charge in [0.2, 0.25) is 0 Å². The van der Waals surface area contributed by atoms with Gasteiger partial charge in [-0.3, -0.25) is 4.79 Å². The average Bonchev–Trinajstić information content (AvgIpc) is 2.77. The predicted molar refractivity (Wildman–Crippen MR) is 77.0 cm³/mol. The minimum absolute atomic E-state index is 0.169. The van der Waals surface area contributed by atoms with Crippen LogP contribution < -0.4 is 5.32 Å². The molecule has 1 aromatic heterocycles. The standard InChI is InChI=1S/C15H18FN3O2/c1-9-6-11(3)19(18-9)14-5-4-12(7-13(14)16)15(21)17-10(2)8-20/h4-7,10,20H,8H2,1-3H3,(H,17,21). The highest BCUT2D eigenvalue weighted by molar-refractivity contribution is 5.94. The van der Waals surface area contributed by atoms with Gasteiger partial charge in [-0.2, -0.15) is 5.10 Å². The Morgan fingerprint density at radius 3 is 2.67 bits per heavy atom. The summed E-state index contributed by atoms with van der Waals surface area (Å²) in [6, 6.07) is 5.70. The van der Waals surface area contributed by atoms with Crippen LogP contribution in [0.4, 0.5) is 4.39 Å². The van der Waals surface area contributed by atoms with Crippen LogP contribution in [0.5, 0.6) is 0 Å². The lowest BCUT2D eigenvalue weighted by Crippen LogP contribution is -2.35. The number of aromatic nitrogens is 2. The van der Waals surface area contributed by atoms with Crippen molar-refractivity contribution in [1.29, 1.82) is 0 Å². The van der Waals surface area contributed by atoms with E-state index in [4.69, 9.17) is 5.11 Å². The maximum Gasteiger partial charge on any atom is 0.251 e. The summed E-state index contributed by atoms with van der Waals surface area (Å²) < 4.78 is 15.7. The topological polar surface area (TPSA) is 67.2 Å². The molecule has 1 atom stereocenters. The van der Waals surface area contributed by atoms with Gasteiger partial charge in [0.1, 0.15) is 11.5 Å². The number of carbonyl (C=O) groups is 1. The van der Waals surface area contributed by atoms with E-state index in [0.717, 1.165) is 11.4 Å². The Balaban J connectivity index is 2.29. The first-order valence-electron chi connectivity index (χ1n) is 6.67. The van der Waals surface area contributed by atoms with Crippen LogP contribution in [-0.2, 0) is 0 Å². The molecule has 1 amide bonds. The second-order valence-electron chi connectivity index (χ2n) is 5.06. The van der Waals surface area contributed by atoms with E-state index < -0.39 is 11.7 Å². The van der Waals surface area contributed by atoms with Gasteiger partial charge in [0.25, 0.3) is 5.91 Å². The van der Waals surface area contributed by atoms with E-state index in [2.05, 4.69) is 10.4 Å². The molecular formula is C15H18FN3O2. The molecule has 0 bridgehead atoms. The quantitative estimate of drug-likeness (QED) is 0.901. The molecule has 0 aliphatic rings. The summed E-state index contributed by atoms with van der Waals surface area (Å²) in [5, 5.41) is 15.7. The largest absolute Gasteiger partial charge is 0.394 e. The first-order chi connectivity index (χ1) is 9.92. The molecule has 1 aromatic carbocycles. The van der Waals surface area contributed by atoms with Gasteiger partial charge >= 0.3 is 0 Å². The Bertz CT molecular complexity index is 667. The molecule has 0 saturated carbocycles. The molecule has 6 heteroatoms. The Morgan fingerprint density at radius 2 is 2.14 bits per heavy atom. The summed E-state index contributed by atoms with van der Waals surface area (Å²) in [5.74, 6) is -0.944. The highest BCUT2D eigenvalue weighted by atomic mass is 19.1. The molecule has 0 aliphatic heterocycles. The van der Waals surface area contributed by atoms with Crippen molar-refractivity contribution in [2.75, 3.05) is 6.61 Å². The van der Waals surface area contributed by atoms with Crippen molar-refractivity contribution >= 4 is 5.91 Å². The summed E-state index contributed by atoms with van der Waals surface area (Å²) in [6.45, 7) is 5.17. The first kappa shape index (κ1) is 15.2. The number of halogens is 1. The number of nitrogens with zero attached hydrogens (tertiary/aromatic N) is 2. The van der Waals surface area contributed by atoms with E-state index in [-0.39, 0.29) is 18.2 Å². The molecule has 21 heavy (non-hydrogen) atoms. The lowest BCUT2D eigenvalue weighted by atomic mass is 10.1. The number of rotatable bonds is 4. The fourth-order valence-electron chi connectivity index (χ4n) is 2.05. The first-order valence-corrected chi connectivity index (χ1v) is 6.67. The number of aliphatic hydroxyl groups excluding tert-OH is 1. The van der Waals surface area contributed by atoms with Gasteiger partial charge in [-0.25, -0.2) is 9.07 Å². The summed E-state index contributed by atoms with van der Waals surface area (Å²) in [7, 11) is 0. The third-order valence-corrected chi connectivity index (χ3v) is 3.10. The van der Waals surface area contributed by atoms with E-state index in [1.807, 2.05) is 19.9 Å². The zero-order valence-electron chi connectivity index (χ0n) is 12.2. The lowest BCUT2D eigenvalue weighted by molar-refractivity contribution is 0.0922. The Kier molecular flexibility index (Phi) is 4.37. The van der Waals surface area contributed by atoms with Crippen molar-refractivity contribution in [3.63, 3.8) is 0 Å². The van der Waals surface area contributed by atoms with Gasteiger partial charge in [0.05, 0.1) is 12.3 Å². The molecule has 2 N–H and O–H groups in total. The molecule has 1 unspecified atom stereocenters. The van der Waals surface area contributed by atoms with Crippen molar-refractivity contribution in [2.24, 2.45) is 0 Å². The van der Waals surface area contributed by atoms with Crippen LogP contribution in [0.15, 0.2) is 24.3 Å². The number of carbonyl (C=O) groups excluding carboxylic acids is 1. The molecule has 2 aromatic rings. The Labute approximate surface area is 122 Å². The number of aliphatic hydroxyl groups is 1. The van der Waals surface area contributed by atoms with Gasteiger partial charge < -0.3 is 10.4 Å². The molecule has 0 spiro atoms. The SMILES string of the molecule is Cc1cc(C)n(-c2ccc(C(=O)NC(C)CO)cc2F)n1. The number of hydrogen-bond donors (Lipinski definition) is 2. The van der Waals surface area contributed by atoms with Crippen LogP contribution in [0.1, 0.15) is 28.7 Å². The highest BCUT2D eigenvalue weighted by Gasteiger charge is 2.14. The van der Waals surface area contributed by atoms with Crippen molar-refractivity contribution < 1.29 is 14.3 Å². The Morgan fingerprint density at radius 1 is 1.43 bits per heavy atom. The summed E-state index contributed by atoms with van der Waals surface area (Å²) in [4.78, 5) is 11.9. The van der Waals surface area contributed by atoms with Crippen molar-refractivity contribution in [3.05, 3.63) is 47.0 Å². The predicted octanol–water partition coefficient (Wildman–Crippen LogP) is 1.74. The summed E-state index contributed by atoms with van der Waals surface area (Å²) in [6.07, 6.45) is 0. The minimum Gasteiger partial charge on any atom is -0.394 e. The summed E-state index contributed by atoms with van der Waals surface area (Å²) >= 11 is 0. The van der Waals surface area contributed by atoms with Crippen molar-refractivity contribution in [3.8, 4) is 5.69 Å². The zero-order valence-corrected chi connectivity index (χ0v) is 12.2. The van der Waals surface area contributed by atoms with E-state index in [1.54, 1.807) is 6.92 Å². The molecule has 0 fully saturated rings. The molecule has 112 valence electrons. The number of aryl methyl sites for hydroxylation is 2. The minimum atomic E-state index is -0.523. The van der Waals surface area contributed by atoms with E-state index in [0.29, 0.717) is 5.69 Å². The van der Waals surface area contributed by atoms with Gasteiger partial charge in [0.15, 0.2) is 0 Å². The molecule has 0 aliphatic carbocycles. The molecule has 2 rings (SSSR count). The Hall–Kier alpha value is -2.21. The molecule has 1 heterocycles. The second-order valence-corrected chi connectivity index (χ2v) is 5.06. The van der Waals surface area contributed by atoms with Crippen molar-refractivity contribution in [1.82, 2.24) is 15.1 Å². The van der Waals surface area contributed by atoms with Crippen molar-refractivity contribution in [2.45, 2.75) is 26.8 Å². The van der Waals surface area contributed by atoms with Crippen LogP contribution in [0.2, 0.25) is 0 Å². The smallest absolute Gasteiger partial charge is 0.251 e. The van der Waals surface area contributed by atoms with Gasteiger partial charge in [0, 0.05) is 17.3 Å². The van der Waals surface area contributed by atoms with E-state index >= 15 is 0 Å². The van der Waals surface area contributed by atoms with Crippen LogP contribution in [0, 0.1) is 19.7 Å². The molecule has 5 nitrogen and oxygen atoms in total. The normalized spacial score (nSPS) is 12.2. The number of hydrogen-bond acceptors (Lipinski definition) is 3.